The second-order valence-electron chi connectivity index (χ2n) is 9.46. The maximum Gasteiger partial charge on any atom is 0.258 e. The Balaban J connectivity index is 2.69. The number of hydrogen-bond acceptors (Lipinski definition) is 4. The minimum absolute atomic E-state index is 0.0513. The van der Waals surface area contributed by atoms with E-state index < -0.39 is 5.92 Å². The Morgan fingerprint density at radius 1 is 0.875 bits per heavy atom. The summed E-state index contributed by atoms with van der Waals surface area (Å²) in [5.74, 6) is 0.238. The van der Waals surface area contributed by atoms with E-state index in [0.29, 0.717) is 47.9 Å². The number of aromatic nitrogens is 2. The Morgan fingerprint density at radius 2 is 1.47 bits per heavy atom. The van der Waals surface area contributed by atoms with Crippen LogP contribution < -0.4 is 11.1 Å². The highest BCUT2D eigenvalue weighted by atomic mass is 16.3. The van der Waals surface area contributed by atoms with Gasteiger partial charge in [0.05, 0.1) is 5.56 Å². The van der Waals surface area contributed by atoms with Gasteiger partial charge in [-0.25, -0.2) is 0 Å². The number of aryl methyl sites for hydroxylation is 1. The molecule has 0 spiro atoms. The third-order valence-corrected chi connectivity index (χ3v) is 6.57. The molecule has 0 aromatic carbocycles. The molecule has 0 amide bonds. The highest BCUT2D eigenvalue weighted by Crippen LogP contribution is 2.40. The highest BCUT2D eigenvalue weighted by Gasteiger charge is 2.30. The van der Waals surface area contributed by atoms with E-state index in [1.807, 2.05) is 13.8 Å². The molecule has 6 heteroatoms. The number of hydrogen-bond donors (Lipinski definition) is 2. The molecule has 0 bridgehead atoms. The smallest absolute Gasteiger partial charge is 0.258 e. The monoisotopic (exact) mass is 444 g/mol. The summed E-state index contributed by atoms with van der Waals surface area (Å²) >= 11 is 0. The van der Waals surface area contributed by atoms with E-state index in [-0.39, 0.29) is 28.5 Å². The second-order valence-corrected chi connectivity index (χ2v) is 9.46. The molecule has 0 aliphatic rings. The molecule has 0 aliphatic carbocycles. The lowest BCUT2D eigenvalue weighted by Gasteiger charge is -2.27. The largest absolute Gasteiger partial charge is 0.507 e. The normalized spacial score (nSPS) is 13.5. The van der Waals surface area contributed by atoms with Crippen LogP contribution in [0.4, 0.5) is 0 Å². The first-order valence-electron chi connectivity index (χ1n) is 11.9. The zero-order chi connectivity index (χ0) is 24.2. The van der Waals surface area contributed by atoms with Gasteiger partial charge in [-0.1, -0.05) is 40.0 Å². The first-order chi connectivity index (χ1) is 15.0. The van der Waals surface area contributed by atoms with Gasteiger partial charge >= 0.3 is 0 Å². The molecule has 2 rings (SSSR count). The van der Waals surface area contributed by atoms with Gasteiger partial charge in [-0.2, -0.15) is 0 Å². The van der Waals surface area contributed by atoms with Gasteiger partial charge in [0.15, 0.2) is 0 Å². The molecular weight excluding hydrogens is 404 g/mol. The van der Waals surface area contributed by atoms with Crippen LogP contribution in [0.25, 0.3) is 0 Å². The van der Waals surface area contributed by atoms with E-state index in [1.165, 1.54) is 6.07 Å². The van der Waals surface area contributed by atoms with Crippen LogP contribution in [0.15, 0.2) is 21.7 Å². The Morgan fingerprint density at radius 3 is 2.03 bits per heavy atom. The molecule has 0 saturated carbocycles. The van der Waals surface area contributed by atoms with E-state index in [9.17, 15) is 19.8 Å². The van der Waals surface area contributed by atoms with Crippen molar-refractivity contribution in [3.8, 4) is 11.5 Å². The summed E-state index contributed by atoms with van der Waals surface area (Å²) < 4.78 is 3.25. The lowest BCUT2D eigenvalue weighted by molar-refractivity contribution is 0.396. The van der Waals surface area contributed by atoms with Gasteiger partial charge in [-0.3, -0.25) is 9.59 Å². The number of nitrogens with zero attached hydrogens (tertiary/aromatic N) is 2. The summed E-state index contributed by atoms with van der Waals surface area (Å²) in [4.78, 5) is 25.8. The van der Waals surface area contributed by atoms with Crippen molar-refractivity contribution in [3.05, 3.63) is 55.4 Å². The Labute approximate surface area is 191 Å². The molecular formula is C26H40N2O4. The molecule has 2 aromatic rings. The predicted octanol–water partition coefficient (Wildman–Crippen LogP) is 5.06. The Kier molecular flexibility index (Phi) is 8.76. The Hall–Kier alpha value is -2.50. The molecule has 178 valence electrons. The predicted molar refractivity (Wildman–Crippen MR) is 130 cm³/mol. The van der Waals surface area contributed by atoms with Crippen molar-refractivity contribution in [1.82, 2.24) is 9.13 Å². The molecule has 6 nitrogen and oxygen atoms in total. The van der Waals surface area contributed by atoms with Gasteiger partial charge in [0.25, 0.3) is 11.1 Å². The van der Waals surface area contributed by atoms with Gasteiger partial charge in [0.2, 0.25) is 0 Å². The fourth-order valence-corrected chi connectivity index (χ4v) is 4.86. The molecule has 0 saturated heterocycles. The first kappa shape index (κ1) is 25.8. The number of aromatic hydroxyl groups is 2. The topological polar surface area (TPSA) is 84.5 Å². The van der Waals surface area contributed by atoms with Crippen LogP contribution in [0.3, 0.4) is 0 Å². The maximum atomic E-state index is 13.4. The third kappa shape index (κ3) is 5.45. The maximum absolute atomic E-state index is 13.4. The summed E-state index contributed by atoms with van der Waals surface area (Å²) in [5.41, 5.74) is 1.68. The van der Waals surface area contributed by atoms with Crippen molar-refractivity contribution in [2.75, 3.05) is 0 Å². The molecule has 2 atom stereocenters. The van der Waals surface area contributed by atoms with Gasteiger partial charge in [0, 0.05) is 42.0 Å². The minimum atomic E-state index is -0.506. The van der Waals surface area contributed by atoms with E-state index in [4.69, 9.17) is 0 Å². The van der Waals surface area contributed by atoms with Crippen molar-refractivity contribution in [2.24, 2.45) is 11.8 Å². The van der Waals surface area contributed by atoms with Crippen molar-refractivity contribution < 1.29 is 10.2 Å². The first-order valence-corrected chi connectivity index (χ1v) is 11.9. The van der Waals surface area contributed by atoms with E-state index in [0.717, 1.165) is 19.3 Å². The molecule has 2 heterocycles. The van der Waals surface area contributed by atoms with E-state index in [2.05, 4.69) is 20.8 Å². The second kappa shape index (κ2) is 10.9. The van der Waals surface area contributed by atoms with Crippen LogP contribution >= 0.6 is 0 Å². The van der Waals surface area contributed by atoms with Gasteiger partial charge in [-0.05, 0) is 52.0 Å². The van der Waals surface area contributed by atoms with Crippen LogP contribution in [0.1, 0.15) is 88.7 Å². The van der Waals surface area contributed by atoms with E-state index >= 15 is 0 Å². The molecule has 0 aliphatic heterocycles. The summed E-state index contributed by atoms with van der Waals surface area (Å²) in [5, 5.41) is 21.7. The highest BCUT2D eigenvalue weighted by molar-refractivity contribution is 5.47. The van der Waals surface area contributed by atoms with Crippen molar-refractivity contribution in [3.63, 3.8) is 0 Å². The van der Waals surface area contributed by atoms with Crippen LogP contribution in [0, 0.1) is 25.7 Å². The lowest BCUT2D eigenvalue weighted by atomic mass is 9.81. The van der Waals surface area contributed by atoms with Gasteiger partial charge < -0.3 is 19.3 Å². The van der Waals surface area contributed by atoms with Crippen LogP contribution in [0.2, 0.25) is 0 Å². The van der Waals surface area contributed by atoms with Gasteiger partial charge in [-0.15, -0.1) is 0 Å². The quantitative estimate of drug-likeness (QED) is 0.536. The zero-order valence-electron chi connectivity index (χ0n) is 20.7. The van der Waals surface area contributed by atoms with Crippen LogP contribution in [-0.4, -0.2) is 19.3 Å². The third-order valence-electron chi connectivity index (χ3n) is 6.57. The molecule has 32 heavy (non-hydrogen) atoms. The molecule has 0 fully saturated rings. The van der Waals surface area contributed by atoms with Crippen molar-refractivity contribution in [2.45, 2.75) is 93.2 Å². The average molecular weight is 445 g/mol. The fourth-order valence-electron chi connectivity index (χ4n) is 4.86. The molecule has 2 aromatic heterocycles. The standard InChI is InChI=1S/C26H40N2O4/c1-8-27-18(6)14-21(29)25(26(27)32)20(13-17(5)12-10-11-16(3)4)24-19(7)28(9-2)23(31)15-22(24)30/h14-17,20,29-30H,8-13H2,1-7H3. The van der Waals surface area contributed by atoms with Crippen LogP contribution in [0.5, 0.6) is 11.5 Å². The number of pyridine rings is 2. The Bertz CT molecular complexity index is 1050. The SMILES string of the molecule is CCn1c(C)c(C(CC(C)CCCC(C)C)c2c(O)cc(C)n(CC)c2=O)c(O)cc1=O. The van der Waals surface area contributed by atoms with Crippen molar-refractivity contribution in [1.29, 1.82) is 0 Å². The number of rotatable bonds is 10. The molecule has 2 N–H and O–H groups in total. The fraction of sp³-hybridized carbons (Fsp3) is 0.615. The van der Waals surface area contributed by atoms with Crippen molar-refractivity contribution >= 4 is 0 Å². The molecule has 0 radical (unpaired) electrons. The summed E-state index contributed by atoms with van der Waals surface area (Å²) in [6.07, 6.45) is 3.82. The lowest BCUT2D eigenvalue weighted by Crippen LogP contribution is -2.29. The summed E-state index contributed by atoms with van der Waals surface area (Å²) in [7, 11) is 0. The van der Waals surface area contributed by atoms with E-state index in [1.54, 1.807) is 29.0 Å². The average Bonchev–Trinajstić information content (AvgIpc) is 2.67. The van der Waals surface area contributed by atoms with Gasteiger partial charge in [0.1, 0.15) is 11.5 Å². The summed E-state index contributed by atoms with van der Waals surface area (Å²) in [6, 6.07) is 2.85. The summed E-state index contributed by atoms with van der Waals surface area (Å²) in [6.45, 7) is 14.9. The van der Waals surface area contributed by atoms with Crippen LogP contribution in [-0.2, 0) is 13.1 Å². The minimum Gasteiger partial charge on any atom is -0.507 e. The molecule has 2 unspecified atom stereocenters. The zero-order valence-corrected chi connectivity index (χ0v) is 20.7.